The van der Waals surface area contributed by atoms with E-state index in [1.54, 1.807) is 6.20 Å². The molecule has 0 spiro atoms. The van der Waals surface area contributed by atoms with Crippen LogP contribution in [0.15, 0.2) is 48.8 Å². The van der Waals surface area contributed by atoms with Gasteiger partial charge in [-0.2, -0.15) is 0 Å². The van der Waals surface area contributed by atoms with Crippen molar-refractivity contribution in [2.24, 2.45) is 0 Å². The van der Waals surface area contributed by atoms with Crippen molar-refractivity contribution in [2.75, 3.05) is 24.6 Å². The van der Waals surface area contributed by atoms with Crippen LogP contribution in [0.5, 0.6) is 0 Å². The van der Waals surface area contributed by atoms with E-state index in [0.717, 1.165) is 31.7 Å². The fourth-order valence-corrected chi connectivity index (χ4v) is 6.50. The molecule has 2 aromatic rings. The second-order valence-electron chi connectivity index (χ2n) is 8.41. The number of hydrogen-bond donors (Lipinski definition) is 0. The molecule has 4 rings (SSSR count). The highest BCUT2D eigenvalue weighted by Gasteiger charge is 2.46. The molecule has 5 nitrogen and oxygen atoms in total. The Morgan fingerprint density at radius 1 is 0.964 bits per heavy atom. The lowest BCUT2D eigenvalue weighted by Crippen LogP contribution is -2.58. The maximum atomic E-state index is 12.4. The number of piperazine rings is 1. The van der Waals surface area contributed by atoms with Crippen LogP contribution in [0.2, 0.25) is 0 Å². The van der Waals surface area contributed by atoms with Crippen LogP contribution < -0.4 is 0 Å². The molecule has 2 atom stereocenters. The summed E-state index contributed by atoms with van der Waals surface area (Å²) in [5.74, 6) is 1.06. The Labute approximate surface area is 168 Å². The number of pyridine rings is 1. The Balaban J connectivity index is 1.50. The zero-order chi connectivity index (χ0) is 19.7. The van der Waals surface area contributed by atoms with Gasteiger partial charge in [0.25, 0.3) is 0 Å². The van der Waals surface area contributed by atoms with Crippen molar-refractivity contribution in [3.8, 4) is 0 Å². The minimum Gasteiger partial charge on any atom is -0.292 e. The molecular formula is C22H29N3O2S. The summed E-state index contributed by atoms with van der Waals surface area (Å²) in [7, 11) is -3.00. The smallest absolute Gasteiger partial charge is 0.153 e. The number of sulfone groups is 1. The predicted molar refractivity (Wildman–Crippen MR) is 112 cm³/mol. The lowest BCUT2D eigenvalue weighted by Gasteiger charge is -2.44. The SMILES string of the molecule is CC(C)c1ccc(CN2CCN(Cc3cccnc3)[C@@H]3CS(=O)(=O)C[C@@H]32)cc1. The van der Waals surface area contributed by atoms with Gasteiger partial charge in [0.1, 0.15) is 0 Å². The number of hydrogen-bond acceptors (Lipinski definition) is 5. The first kappa shape index (κ1) is 19.6. The molecule has 1 aromatic heterocycles. The zero-order valence-electron chi connectivity index (χ0n) is 16.7. The summed E-state index contributed by atoms with van der Waals surface area (Å²) in [6, 6.07) is 12.9. The first-order valence-corrected chi connectivity index (χ1v) is 11.9. The summed E-state index contributed by atoms with van der Waals surface area (Å²) in [4.78, 5) is 8.91. The van der Waals surface area contributed by atoms with E-state index in [9.17, 15) is 8.42 Å². The highest BCUT2D eigenvalue weighted by molar-refractivity contribution is 7.91. The van der Waals surface area contributed by atoms with Gasteiger partial charge in [0.2, 0.25) is 0 Å². The largest absolute Gasteiger partial charge is 0.292 e. The fourth-order valence-electron chi connectivity index (χ4n) is 4.46. The third-order valence-corrected chi connectivity index (χ3v) is 7.75. The van der Waals surface area contributed by atoms with Crippen LogP contribution in [0, 0.1) is 0 Å². The predicted octanol–water partition coefficient (Wildman–Crippen LogP) is 2.69. The molecule has 0 N–H and O–H groups in total. The molecule has 1 aromatic carbocycles. The maximum Gasteiger partial charge on any atom is 0.153 e. The minimum absolute atomic E-state index is 0.0638. The van der Waals surface area contributed by atoms with Crippen LogP contribution in [0.1, 0.15) is 36.5 Å². The van der Waals surface area contributed by atoms with Crippen molar-refractivity contribution >= 4 is 9.84 Å². The average Bonchev–Trinajstić information content (AvgIpc) is 3.01. The van der Waals surface area contributed by atoms with Crippen molar-refractivity contribution in [1.29, 1.82) is 0 Å². The van der Waals surface area contributed by atoms with Gasteiger partial charge >= 0.3 is 0 Å². The van der Waals surface area contributed by atoms with E-state index in [4.69, 9.17) is 0 Å². The molecule has 0 bridgehead atoms. The van der Waals surface area contributed by atoms with Gasteiger partial charge in [0.05, 0.1) is 11.5 Å². The van der Waals surface area contributed by atoms with E-state index in [2.05, 4.69) is 59.0 Å². The van der Waals surface area contributed by atoms with Crippen molar-refractivity contribution in [1.82, 2.24) is 14.8 Å². The van der Waals surface area contributed by atoms with Gasteiger partial charge in [0, 0.05) is 50.7 Å². The normalized spacial score (nSPS) is 25.1. The lowest BCUT2D eigenvalue weighted by atomic mass is 10.00. The van der Waals surface area contributed by atoms with Crippen LogP contribution in [0.3, 0.4) is 0 Å². The Kier molecular flexibility index (Phi) is 5.54. The van der Waals surface area contributed by atoms with Gasteiger partial charge in [-0.05, 0) is 28.7 Å². The van der Waals surface area contributed by atoms with Crippen molar-refractivity contribution in [2.45, 2.75) is 44.9 Å². The van der Waals surface area contributed by atoms with Crippen molar-refractivity contribution < 1.29 is 8.42 Å². The summed E-state index contributed by atoms with van der Waals surface area (Å²) in [6.45, 7) is 7.75. The van der Waals surface area contributed by atoms with Crippen LogP contribution >= 0.6 is 0 Å². The molecule has 2 aliphatic rings. The molecule has 3 heterocycles. The van der Waals surface area contributed by atoms with E-state index < -0.39 is 9.84 Å². The second-order valence-corrected chi connectivity index (χ2v) is 10.6. The first-order chi connectivity index (χ1) is 13.4. The molecule has 150 valence electrons. The minimum atomic E-state index is -3.00. The Morgan fingerprint density at radius 3 is 2.11 bits per heavy atom. The highest BCUT2D eigenvalue weighted by atomic mass is 32.2. The second kappa shape index (κ2) is 7.93. The van der Waals surface area contributed by atoms with Gasteiger partial charge in [-0.3, -0.25) is 14.8 Å². The molecular weight excluding hydrogens is 370 g/mol. The Bertz CT molecular complexity index is 897. The molecule has 0 unspecified atom stereocenters. The van der Waals surface area contributed by atoms with E-state index >= 15 is 0 Å². The van der Waals surface area contributed by atoms with Gasteiger partial charge < -0.3 is 0 Å². The molecule has 0 aliphatic carbocycles. The number of aromatic nitrogens is 1. The van der Waals surface area contributed by atoms with Crippen LogP contribution in [0.25, 0.3) is 0 Å². The van der Waals surface area contributed by atoms with E-state index in [-0.39, 0.29) is 23.6 Å². The van der Waals surface area contributed by atoms with Gasteiger partial charge in [-0.1, -0.05) is 44.2 Å². The molecule has 0 amide bonds. The summed E-state index contributed by atoms with van der Waals surface area (Å²) in [5.41, 5.74) is 3.74. The third kappa shape index (κ3) is 4.29. The van der Waals surface area contributed by atoms with E-state index in [0.29, 0.717) is 5.92 Å². The molecule has 2 saturated heterocycles. The Morgan fingerprint density at radius 2 is 1.57 bits per heavy atom. The van der Waals surface area contributed by atoms with Crippen LogP contribution in [0.4, 0.5) is 0 Å². The number of nitrogens with zero attached hydrogens (tertiary/aromatic N) is 3. The van der Waals surface area contributed by atoms with E-state index in [1.807, 2.05) is 12.3 Å². The molecule has 28 heavy (non-hydrogen) atoms. The number of fused-ring (bicyclic) bond motifs is 1. The zero-order valence-corrected chi connectivity index (χ0v) is 17.5. The number of benzene rings is 1. The van der Waals surface area contributed by atoms with Gasteiger partial charge in [0.15, 0.2) is 9.84 Å². The van der Waals surface area contributed by atoms with Crippen molar-refractivity contribution in [3.05, 3.63) is 65.5 Å². The Hall–Kier alpha value is -1.76. The molecule has 2 aliphatic heterocycles. The molecule has 0 radical (unpaired) electrons. The number of rotatable bonds is 5. The lowest BCUT2D eigenvalue weighted by molar-refractivity contribution is 0.0354. The van der Waals surface area contributed by atoms with Crippen LogP contribution in [-0.4, -0.2) is 59.9 Å². The fraction of sp³-hybridized carbons (Fsp3) is 0.500. The van der Waals surface area contributed by atoms with E-state index in [1.165, 1.54) is 11.1 Å². The first-order valence-electron chi connectivity index (χ1n) is 10.1. The standard InChI is InChI=1S/C22H29N3O2S/c1-17(2)20-7-5-18(6-8-20)13-24-10-11-25(14-19-4-3-9-23-12-19)22-16-28(26,27)15-21(22)24/h3-9,12,17,21-22H,10-11,13-16H2,1-2H3/t21-,22+/m0/s1. The monoisotopic (exact) mass is 399 g/mol. The average molecular weight is 400 g/mol. The summed E-state index contributed by atoms with van der Waals surface area (Å²) in [6.07, 6.45) is 3.65. The topological polar surface area (TPSA) is 53.5 Å². The summed E-state index contributed by atoms with van der Waals surface area (Å²) >= 11 is 0. The van der Waals surface area contributed by atoms with Crippen molar-refractivity contribution in [3.63, 3.8) is 0 Å². The third-order valence-electron chi connectivity index (χ3n) is 6.05. The van der Waals surface area contributed by atoms with Gasteiger partial charge in [-0.15, -0.1) is 0 Å². The van der Waals surface area contributed by atoms with Crippen LogP contribution in [-0.2, 0) is 22.9 Å². The summed E-state index contributed by atoms with van der Waals surface area (Å²) in [5, 5.41) is 0. The van der Waals surface area contributed by atoms with Gasteiger partial charge in [-0.25, -0.2) is 8.42 Å². The summed E-state index contributed by atoms with van der Waals surface area (Å²) < 4.78 is 24.9. The molecule has 2 fully saturated rings. The quantitative estimate of drug-likeness (QED) is 0.774. The molecule has 6 heteroatoms. The maximum absolute atomic E-state index is 12.4. The highest BCUT2D eigenvalue weighted by Crippen LogP contribution is 2.29. The molecule has 0 saturated carbocycles.